The van der Waals surface area contributed by atoms with Gasteiger partial charge in [0.15, 0.2) is 5.92 Å². The molecule has 3 nitrogen and oxygen atoms in total. The Hall–Kier alpha value is -1.24. The Balaban J connectivity index is 2.40. The van der Waals surface area contributed by atoms with E-state index >= 15 is 0 Å². The molecule has 106 valence electrons. The topological polar surface area (TPSA) is 50.1 Å². The Bertz CT molecular complexity index is 561. The molecule has 0 aliphatic heterocycles. The third-order valence-corrected chi connectivity index (χ3v) is 4.68. The fourth-order valence-electron chi connectivity index (χ4n) is 2.73. The minimum absolute atomic E-state index is 0.272. The number of esters is 1. The molecule has 1 saturated carbocycles. The monoisotopic (exact) mass is 311 g/mol. The molecule has 5 heteroatoms. The van der Waals surface area contributed by atoms with Gasteiger partial charge in [-0.3, -0.25) is 4.79 Å². The van der Waals surface area contributed by atoms with Crippen LogP contribution in [0.2, 0.25) is 10.0 Å². The van der Waals surface area contributed by atoms with Crippen LogP contribution < -0.4 is 0 Å². The van der Waals surface area contributed by atoms with Gasteiger partial charge in [-0.1, -0.05) is 35.7 Å². The van der Waals surface area contributed by atoms with Crippen LogP contribution in [0.5, 0.6) is 0 Å². The molecule has 1 aromatic carbocycles. The van der Waals surface area contributed by atoms with Gasteiger partial charge >= 0.3 is 5.97 Å². The molecule has 0 radical (unpaired) electrons. The normalized spacial score (nSPS) is 17.7. The molecule has 0 N–H and O–H groups in total. The Kier molecular flexibility index (Phi) is 4.57. The second kappa shape index (κ2) is 6.03. The minimum atomic E-state index is -0.798. The second-order valence-electron chi connectivity index (χ2n) is 4.95. The molecule has 1 unspecified atom stereocenters. The molecular weight excluding hydrogens is 297 g/mol. The summed E-state index contributed by atoms with van der Waals surface area (Å²) in [6, 6.07) is 7.42. The molecule has 0 heterocycles. The SMILES string of the molecule is CCOC(=O)C(C#N)C1(c2ccc(Cl)c(Cl)c2)CCC1. The van der Waals surface area contributed by atoms with Crippen molar-refractivity contribution in [3.63, 3.8) is 0 Å². The Labute approximate surface area is 128 Å². The Morgan fingerprint density at radius 2 is 2.15 bits per heavy atom. The highest BCUT2D eigenvalue weighted by Gasteiger charge is 2.50. The fraction of sp³-hybridized carbons (Fsp3) is 0.467. The van der Waals surface area contributed by atoms with Gasteiger partial charge in [0.2, 0.25) is 0 Å². The highest BCUT2D eigenvalue weighted by Crippen LogP contribution is 2.50. The first kappa shape index (κ1) is 15.2. The van der Waals surface area contributed by atoms with Crippen LogP contribution in [0, 0.1) is 17.2 Å². The average molecular weight is 312 g/mol. The average Bonchev–Trinajstić information content (AvgIpc) is 2.37. The molecule has 0 saturated heterocycles. The first-order valence-electron chi connectivity index (χ1n) is 6.57. The van der Waals surface area contributed by atoms with Gasteiger partial charge in [-0.2, -0.15) is 5.26 Å². The Morgan fingerprint density at radius 1 is 1.45 bits per heavy atom. The van der Waals surface area contributed by atoms with Gasteiger partial charge in [0.1, 0.15) is 0 Å². The molecule has 0 aromatic heterocycles. The van der Waals surface area contributed by atoms with Crippen LogP contribution in [0.15, 0.2) is 18.2 Å². The number of hydrogen-bond donors (Lipinski definition) is 0. The molecule has 1 atom stereocenters. The summed E-state index contributed by atoms with van der Waals surface area (Å²) in [6.45, 7) is 2.01. The number of ether oxygens (including phenoxy) is 1. The lowest BCUT2D eigenvalue weighted by Crippen LogP contribution is -2.45. The summed E-state index contributed by atoms with van der Waals surface area (Å²) in [4.78, 5) is 12.0. The molecule has 0 amide bonds. The lowest BCUT2D eigenvalue weighted by atomic mass is 9.58. The zero-order valence-corrected chi connectivity index (χ0v) is 12.7. The van der Waals surface area contributed by atoms with Crippen molar-refractivity contribution in [2.75, 3.05) is 6.61 Å². The number of rotatable bonds is 4. The van der Waals surface area contributed by atoms with Crippen molar-refractivity contribution in [1.82, 2.24) is 0 Å². The smallest absolute Gasteiger partial charge is 0.324 e. The quantitative estimate of drug-likeness (QED) is 0.786. The van der Waals surface area contributed by atoms with E-state index in [-0.39, 0.29) is 6.61 Å². The van der Waals surface area contributed by atoms with Crippen LogP contribution >= 0.6 is 23.2 Å². The highest BCUT2D eigenvalue weighted by atomic mass is 35.5. The summed E-state index contributed by atoms with van der Waals surface area (Å²) in [5, 5.41) is 10.3. The van der Waals surface area contributed by atoms with E-state index < -0.39 is 17.3 Å². The zero-order chi connectivity index (χ0) is 14.8. The summed E-state index contributed by atoms with van der Waals surface area (Å²) in [7, 11) is 0. The lowest BCUT2D eigenvalue weighted by molar-refractivity contribution is -0.149. The lowest BCUT2D eigenvalue weighted by Gasteiger charge is -2.44. The van der Waals surface area contributed by atoms with Crippen LogP contribution in [0.3, 0.4) is 0 Å². The van der Waals surface area contributed by atoms with Gasteiger partial charge in [0.25, 0.3) is 0 Å². The van der Waals surface area contributed by atoms with E-state index in [1.807, 2.05) is 6.07 Å². The van der Waals surface area contributed by atoms with Gasteiger partial charge in [-0.25, -0.2) is 0 Å². The maximum absolute atomic E-state index is 12.0. The maximum Gasteiger partial charge on any atom is 0.324 e. The summed E-state index contributed by atoms with van der Waals surface area (Å²) < 4.78 is 5.03. The third kappa shape index (κ3) is 2.51. The fourth-order valence-corrected chi connectivity index (χ4v) is 3.03. The van der Waals surface area contributed by atoms with E-state index in [4.69, 9.17) is 27.9 Å². The number of halogens is 2. The van der Waals surface area contributed by atoms with Gasteiger partial charge in [-0.05, 0) is 37.5 Å². The summed E-state index contributed by atoms with van der Waals surface area (Å²) >= 11 is 12.0. The number of carbonyl (C=O) groups is 1. The van der Waals surface area contributed by atoms with E-state index in [1.54, 1.807) is 19.1 Å². The van der Waals surface area contributed by atoms with E-state index in [9.17, 15) is 10.1 Å². The van der Waals surface area contributed by atoms with E-state index in [1.165, 1.54) is 0 Å². The standard InChI is InChI=1S/C15H15Cl2NO2/c1-2-20-14(19)11(9-18)15(6-3-7-15)10-4-5-12(16)13(17)8-10/h4-5,8,11H,2-3,6-7H2,1H3. The van der Waals surface area contributed by atoms with E-state index in [0.717, 1.165) is 24.8 Å². The van der Waals surface area contributed by atoms with Crippen molar-refractivity contribution >= 4 is 29.2 Å². The molecule has 1 aromatic rings. The number of hydrogen-bond acceptors (Lipinski definition) is 3. The van der Waals surface area contributed by atoms with Gasteiger partial charge in [0, 0.05) is 5.41 Å². The summed E-state index contributed by atoms with van der Waals surface area (Å²) in [6.07, 6.45) is 2.54. The summed E-state index contributed by atoms with van der Waals surface area (Å²) in [5.74, 6) is -1.26. The van der Waals surface area contributed by atoms with E-state index in [2.05, 4.69) is 6.07 Å². The highest BCUT2D eigenvalue weighted by molar-refractivity contribution is 6.42. The van der Waals surface area contributed by atoms with Crippen molar-refractivity contribution in [1.29, 1.82) is 5.26 Å². The van der Waals surface area contributed by atoms with Crippen LogP contribution in [0.4, 0.5) is 0 Å². The largest absolute Gasteiger partial charge is 0.465 e. The van der Waals surface area contributed by atoms with Crippen molar-refractivity contribution in [3.8, 4) is 6.07 Å². The van der Waals surface area contributed by atoms with Gasteiger partial charge in [-0.15, -0.1) is 0 Å². The number of carbonyl (C=O) groups excluding carboxylic acids is 1. The van der Waals surface area contributed by atoms with Crippen LogP contribution in [0.1, 0.15) is 31.7 Å². The molecule has 0 bridgehead atoms. The molecule has 2 rings (SSSR count). The molecule has 1 fully saturated rings. The number of nitriles is 1. The second-order valence-corrected chi connectivity index (χ2v) is 5.77. The molecule has 20 heavy (non-hydrogen) atoms. The van der Waals surface area contributed by atoms with Crippen molar-refractivity contribution in [3.05, 3.63) is 33.8 Å². The van der Waals surface area contributed by atoms with Crippen molar-refractivity contribution in [2.45, 2.75) is 31.6 Å². The van der Waals surface area contributed by atoms with Crippen LogP contribution in [0.25, 0.3) is 0 Å². The number of nitrogens with zero attached hydrogens (tertiary/aromatic N) is 1. The first-order valence-corrected chi connectivity index (χ1v) is 7.32. The predicted molar refractivity (Wildman–Crippen MR) is 77.7 cm³/mol. The van der Waals surface area contributed by atoms with Gasteiger partial charge < -0.3 is 4.74 Å². The van der Waals surface area contributed by atoms with E-state index in [0.29, 0.717) is 10.0 Å². The number of benzene rings is 1. The van der Waals surface area contributed by atoms with Crippen LogP contribution in [-0.2, 0) is 14.9 Å². The van der Waals surface area contributed by atoms with Gasteiger partial charge in [0.05, 0.1) is 22.7 Å². The first-order chi connectivity index (χ1) is 9.55. The third-order valence-electron chi connectivity index (χ3n) is 3.94. The molecule has 0 spiro atoms. The summed E-state index contributed by atoms with van der Waals surface area (Å²) in [5.41, 5.74) is 0.396. The molecule has 1 aliphatic rings. The molecular formula is C15H15Cl2NO2. The molecule has 1 aliphatic carbocycles. The zero-order valence-electron chi connectivity index (χ0n) is 11.2. The van der Waals surface area contributed by atoms with Crippen LogP contribution in [-0.4, -0.2) is 12.6 Å². The van der Waals surface area contributed by atoms with Crippen molar-refractivity contribution in [2.24, 2.45) is 5.92 Å². The van der Waals surface area contributed by atoms with Crippen molar-refractivity contribution < 1.29 is 9.53 Å². The minimum Gasteiger partial charge on any atom is -0.465 e. The maximum atomic E-state index is 12.0. The Morgan fingerprint density at radius 3 is 2.60 bits per heavy atom. The predicted octanol–water partition coefficient (Wildman–Crippen LogP) is 4.12.